The molecule has 1 aromatic heterocycles. The molecule has 1 aromatic rings. The van der Waals surface area contributed by atoms with Crippen LogP contribution in [0.25, 0.3) is 0 Å². The van der Waals surface area contributed by atoms with Crippen LogP contribution in [0.15, 0.2) is 29.2 Å². The van der Waals surface area contributed by atoms with E-state index in [-0.39, 0.29) is 18.1 Å². The van der Waals surface area contributed by atoms with Gasteiger partial charge in [0, 0.05) is 12.6 Å². The van der Waals surface area contributed by atoms with Crippen molar-refractivity contribution < 1.29 is 9.90 Å². The van der Waals surface area contributed by atoms with Crippen molar-refractivity contribution in [3.05, 3.63) is 30.0 Å². The Morgan fingerprint density at radius 3 is 3.10 bits per heavy atom. The molecule has 20 heavy (non-hydrogen) atoms. The molecule has 1 aliphatic heterocycles. The molecular weight excluding hydrogens is 274 g/mol. The molecule has 0 aromatic carbocycles. The fourth-order valence-corrected chi connectivity index (χ4v) is 3.07. The zero-order chi connectivity index (χ0) is 13.9. The fraction of sp³-hybridized carbons (Fsp3) is 0.429. The van der Waals surface area contributed by atoms with Crippen LogP contribution in [0.3, 0.4) is 0 Å². The van der Waals surface area contributed by atoms with E-state index < -0.39 is 0 Å². The monoisotopic (exact) mass is 291 g/mol. The summed E-state index contributed by atoms with van der Waals surface area (Å²) in [4.78, 5) is 16.8. The lowest BCUT2D eigenvalue weighted by molar-refractivity contribution is -0.113. The number of aromatic nitrogens is 1. The van der Waals surface area contributed by atoms with Gasteiger partial charge in [0.05, 0.1) is 22.4 Å². The number of nitrogens with zero attached hydrogens (tertiary/aromatic N) is 1. The average Bonchev–Trinajstić information content (AvgIpc) is 2.46. The van der Waals surface area contributed by atoms with E-state index in [2.05, 4.69) is 15.6 Å². The number of pyridine rings is 1. The van der Waals surface area contributed by atoms with Gasteiger partial charge in [0.1, 0.15) is 5.82 Å². The number of fused-ring (bicyclic) bond motifs is 1. The van der Waals surface area contributed by atoms with Crippen molar-refractivity contribution >= 4 is 23.5 Å². The maximum atomic E-state index is 11.4. The zero-order valence-electron chi connectivity index (χ0n) is 11.0. The number of amides is 1. The molecule has 0 fully saturated rings. The van der Waals surface area contributed by atoms with E-state index in [9.17, 15) is 9.90 Å². The quantitative estimate of drug-likeness (QED) is 0.732. The molecule has 3 N–H and O–H groups in total. The molecule has 2 heterocycles. The summed E-state index contributed by atoms with van der Waals surface area (Å²) >= 11 is 1.52. The maximum absolute atomic E-state index is 11.4. The number of hydrogen-bond donors (Lipinski definition) is 3. The molecule has 0 saturated heterocycles. The van der Waals surface area contributed by atoms with Crippen LogP contribution in [0, 0.1) is 0 Å². The second-order valence-electron chi connectivity index (χ2n) is 5.00. The Morgan fingerprint density at radius 1 is 1.40 bits per heavy atom. The molecule has 2 atom stereocenters. The zero-order valence-corrected chi connectivity index (χ0v) is 11.8. The molecule has 0 saturated carbocycles. The number of rotatable bonds is 3. The van der Waals surface area contributed by atoms with Gasteiger partial charge in [-0.1, -0.05) is 12.2 Å². The highest BCUT2D eigenvalue weighted by atomic mass is 32.2. The topological polar surface area (TPSA) is 74.2 Å². The molecule has 6 heteroatoms. The molecule has 0 radical (unpaired) electrons. The molecule has 0 bridgehead atoms. The van der Waals surface area contributed by atoms with Crippen molar-refractivity contribution in [2.75, 3.05) is 11.1 Å². The third-order valence-electron chi connectivity index (χ3n) is 3.42. The third kappa shape index (κ3) is 3.20. The van der Waals surface area contributed by atoms with Crippen LogP contribution in [-0.2, 0) is 11.3 Å². The molecule has 2 aliphatic rings. The SMILES string of the molecule is O=C1CSc2ccc(CN[C@@H]3C=C[C@H](O)CC3)nc2N1. The Morgan fingerprint density at radius 2 is 2.30 bits per heavy atom. The lowest BCUT2D eigenvalue weighted by Crippen LogP contribution is -2.31. The molecule has 0 unspecified atom stereocenters. The van der Waals surface area contributed by atoms with Crippen LogP contribution in [0.2, 0.25) is 0 Å². The largest absolute Gasteiger partial charge is 0.389 e. The number of carbonyl (C=O) groups is 1. The van der Waals surface area contributed by atoms with Gasteiger partial charge in [-0.2, -0.15) is 0 Å². The van der Waals surface area contributed by atoms with Crippen molar-refractivity contribution in [2.24, 2.45) is 0 Å². The van der Waals surface area contributed by atoms with Gasteiger partial charge in [-0.3, -0.25) is 4.79 Å². The van der Waals surface area contributed by atoms with Crippen LogP contribution in [0.1, 0.15) is 18.5 Å². The first-order chi connectivity index (χ1) is 9.70. The van der Waals surface area contributed by atoms with Gasteiger partial charge in [-0.15, -0.1) is 11.8 Å². The Labute approximate surface area is 121 Å². The summed E-state index contributed by atoms with van der Waals surface area (Å²) in [5, 5.41) is 15.6. The Kier molecular flexibility index (Phi) is 4.05. The van der Waals surface area contributed by atoms with Gasteiger partial charge in [0.2, 0.25) is 5.91 Å². The minimum Gasteiger partial charge on any atom is -0.389 e. The Bertz CT molecular complexity index is 547. The Balaban J connectivity index is 1.62. The highest BCUT2D eigenvalue weighted by molar-refractivity contribution is 8.00. The highest BCUT2D eigenvalue weighted by Gasteiger charge is 2.17. The van der Waals surface area contributed by atoms with E-state index >= 15 is 0 Å². The summed E-state index contributed by atoms with van der Waals surface area (Å²) in [6, 6.07) is 4.27. The highest BCUT2D eigenvalue weighted by Crippen LogP contribution is 2.29. The second-order valence-corrected chi connectivity index (χ2v) is 6.02. The summed E-state index contributed by atoms with van der Waals surface area (Å²) in [5.74, 6) is 1.13. The smallest absolute Gasteiger partial charge is 0.235 e. The van der Waals surface area contributed by atoms with Crippen molar-refractivity contribution in [2.45, 2.75) is 36.4 Å². The summed E-state index contributed by atoms with van der Waals surface area (Å²) in [6.45, 7) is 0.652. The van der Waals surface area contributed by atoms with E-state index in [0.717, 1.165) is 23.4 Å². The molecule has 3 rings (SSSR count). The van der Waals surface area contributed by atoms with Gasteiger partial charge in [0.15, 0.2) is 0 Å². The standard InChI is InChI=1S/C14H17N3O2S/c18-11-4-1-9(2-5-11)15-7-10-3-6-12-14(16-10)17-13(19)8-20-12/h1,3-4,6,9,11,15,18H,2,5,7-8H2,(H,16,17,19)/t9-,11+/m1/s1. The van der Waals surface area contributed by atoms with Gasteiger partial charge >= 0.3 is 0 Å². The van der Waals surface area contributed by atoms with Crippen LogP contribution < -0.4 is 10.6 Å². The lowest BCUT2D eigenvalue weighted by Gasteiger charge is -2.21. The summed E-state index contributed by atoms with van der Waals surface area (Å²) in [7, 11) is 0. The first kappa shape index (κ1) is 13.6. The fourth-order valence-electron chi connectivity index (χ4n) is 2.31. The number of thioether (sulfide) groups is 1. The van der Waals surface area contributed by atoms with Crippen molar-refractivity contribution in [3.8, 4) is 0 Å². The van der Waals surface area contributed by atoms with Crippen molar-refractivity contribution in [1.82, 2.24) is 10.3 Å². The molecule has 5 nitrogen and oxygen atoms in total. The predicted molar refractivity (Wildman–Crippen MR) is 78.6 cm³/mol. The first-order valence-corrected chi connectivity index (χ1v) is 7.71. The number of hydrogen-bond acceptors (Lipinski definition) is 5. The lowest BCUT2D eigenvalue weighted by atomic mass is 10.0. The minimum absolute atomic E-state index is 0.00399. The molecule has 106 valence electrons. The van der Waals surface area contributed by atoms with E-state index in [1.807, 2.05) is 24.3 Å². The van der Waals surface area contributed by atoms with E-state index in [1.54, 1.807) is 0 Å². The number of nitrogens with one attached hydrogen (secondary N) is 2. The van der Waals surface area contributed by atoms with Crippen LogP contribution >= 0.6 is 11.8 Å². The number of aliphatic hydroxyl groups excluding tert-OH is 1. The van der Waals surface area contributed by atoms with Gasteiger partial charge < -0.3 is 15.7 Å². The molecule has 0 spiro atoms. The Hall–Kier alpha value is -1.37. The van der Waals surface area contributed by atoms with E-state index in [0.29, 0.717) is 18.1 Å². The van der Waals surface area contributed by atoms with Crippen molar-refractivity contribution in [3.63, 3.8) is 0 Å². The van der Waals surface area contributed by atoms with E-state index in [1.165, 1.54) is 11.8 Å². The number of aliphatic hydroxyl groups is 1. The molecule has 1 aliphatic carbocycles. The van der Waals surface area contributed by atoms with Crippen LogP contribution in [0.5, 0.6) is 0 Å². The first-order valence-electron chi connectivity index (χ1n) is 6.73. The minimum atomic E-state index is -0.304. The maximum Gasteiger partial charge on any atom is 0.235 e. The summed E-state index contributed by atoms with van der Waals surface area (Å²) in [6.07, 6.45) is 5.25. The van der Waals surface area contributed by atoms with Crippen LogP contribution in [-0.4, -0.2) is 33.9 Å². The second kappa shape index (κ2) is 5.95. The number of carbonyl (C=O) groups excluding carboxylic acids is 1. The summed E-state index contributed by atoms with van der Waals surface area (Å²) < 4.78 is 0. The average molecular weight is 291 g/mol. The third-order valence-corrected chi connectivity index (χ3v) is 4.46. The predicted octanol–water partition coefficient (Wildman–Crippen LogP) is 1.29. The van der Waals surface area contributed by atoms with Gasteiger partial charge in [-0.25, -0.2) is 4.98 Å². The number of anilines is 1. The van der Waals surface area contributed by atoms with Gasteiger partial charge in [-0.05, 0) is 25.0 Å². The summed E-state index contributed by atoms with van der Waals surface area (Å²) in [5.41, 5.74) is 0.908. The molecule has 1 amide bonds. The van der Waals surface area contributed by atoms with Crippen molar-refractivity contribution in [1.29, 1.82) is 0 Å². The van der Waals surface area contributed by atoms with Gasteiger partial charge in [0.25, 0.3) is 0 Å². The van der Waals surface area contributed by atoms with E-state index in [4.69, 9.17) is 0 Å². The van der Waals surface area contributed by atoms with Crippen LogP contribution in [0.4, 0.5) is 5.82 Å². The molecular formula is C14H17N3O2S. The normalized spacial score (nSPS) is 25.1.